The Bertz CT molecular complexity index is 2920. The summed E-state index contributed by atoms with van der Waals surface area (Å²) in [6, 6.07) is 44.6. The molecule has 7 heteroatoms. The normalized spacial score (nSPS) is 11.7. The van der Waals surface area contributed by atoms with Crippen molar-refractivity contribution in [1.82, 2.24) is 19.5 Å². The third kappa shape index (κ3) is 8.56. The minimum Gasteiger partial charge on any atom is -0.501 e. The summed E-state index contributed by atoms with van der Waals surface area (Å²) in [6.45, 7) is 13.2. The molecule has 5 aromatic carbocycles. The summed E-state index contributed by atoms with van der Waals surface area (Å²) >= 11 is -1.87. The van der Waals surface area contributed by atoms with Crippen LogP contribution < -0.4 is 4.40 Å². The summed E-state index contributed by atoms with van der Waals surface area (Å²) in [6.07, 6.45) is 7.09. The molecule has 0 saturated heterocycles. The molecule has 0 aliphatic carbocycles. The molecule has 0 atom stereocenters. The van der Waals surface area contributed by atoms with Crippen LogP contribution in [0.5, 0.6) is 0 Å². The van der Waals surface area contributed by atoms with Gasteiger partial charge < -0.3 is 8.98 Å². The van der Waals surface area contributed by atoms with Crippen molar-refractivity contribution < 1.29 is 24.5 Å². The topological polar surface area (TPSA) is 56.7 Å². The maximum Gasteiger partial charge on any atom is 0.121 e. The SMILES string of the molecule is Cc1ccc[c-]c1-c1cc(CC(C)C)[c]([Ge]([CH3])([CH3])[CH3])cn1.Cc1cccc2oc3c(-c4nc5cncc(C(C)C)c5n4-c4ccc(-c5ccccc5)cc4)[c-]ccc3c12.[Ir]. The molecular weight excluding hydrogens is 973 g/mol. The van der Waals surface area contributed by atoms with Gasteiger partial charge in [-0.3, -0.25) is 9.97 Å². The second kappa shape index (κ2) is 17.8. The van der Waals surface area contributed by atoms with Crippen molar-refractivity contribution in [2.75, 3.05) is 0 Å². The molecule has 5 nitrogen and oxygen atoms in total. The van der Waals surface area contributed by atoms with Crippen molar-refractivity contribution in [3.63, 3.8) is 0 Å². The number of aromatic nitrogens is 4. The van der Waals surface area contributed by atoms with Crippen molar-refractivity contribution in [2.24, 2.45) is 5.92 Å². The van der Waals surface area contributed by atoms with E-state index in [4.69, 9.17) is 14.4 Å². The van der Waals surface area contributed by atoms with Gasteiger partial charge >= 0.3 is 132 Å². The van der Waals surface area contributed by atoms with Crippen molar-refractivity contribution in [3.05, 3.63) is 162 Å². The van der Waals surface area contributed by atoms with Crippen LogP contribution in [0.2, 0.25) is 17.3 Å². The van der Waals surface area contributed by atoms with Crippen LogP contribution >= 0.6 is 0 Å². The van der Waals surface area contributed by atoms with Gasteiger partial charge in [-0.15, -0.1) is 18.2 Å². The van der Waals surface area contributed by atoms with E-state index in [1.165, 1.54) is 27.8 Å². The minimum absolute atomic E-state index is 0. The minimum atomic E-state index is -1.87. The molecule has 4 aromatic heterocycles. The predicted octanol–water partition coefficient (Wildman–Crippen LogP) is 13.5. The van der Waals surface area contributed by atoms with E-state index in [1.807, 2.05) is 48.8 Å². The van der Waals surface area contributed by atoms with E-state index in [1.54, 1.807) is 4.40 Å². The maximum absolute atomic E-state index is 6.46. The second-order valence-corrected chi connectivity index (χ2v) is 28.0. The van der Waals surface area contributed by atoms with Crippen LogP contribution in [-0.4, -0.2) is 32.8 Å². The summed E-state index contributed by atoms with van der Waals surface area (Å²) in [7, 11) is 0. The van der Waals surface area contributed by atoms with Gasteiger partial charge in [0.15, 0.2) is 0 Å². The molecule has 0 amide bonds. The predicted molar refractivity (Wildman–Crippen MR) is 249 cm³/mol. The molecule has 0 N–H and O–H groups in total. The Kier molecular flexibility index (Phi) is 12.8. The van der Waals surface area contributed by atoms with Gasteiger partial charge in [0.2, 0.25) is 0 Å². The van der Waals surface area contributed by atoms with Crippen molar-refractivity contribution >= 4 is 50.6 Å². The molecule has 0 saturated carbocycles. The van der Waals surface area contributed by atoms with E-state index in [0.29, 0.717) is 5.92 Å². The summed E-state index contributed by atoms with van der Waals surface area (Å²) in [4.78, 5) is 14.4. The Labute approximate surface area is 371 Å². The van der Waals surface area contributed by atoms with Gasteiger partial charge in [-0.25, -0.2) is 0 Å². The van der Waals surface area contributed by atoms with Crippen LogP contribution in [0.15, 0.2) is 132 Å². The molecule has 9 aromatic rings. The molecule has 60 heavy (non-hydrogen) atoms. The summed E-state index contributed by atoms with van der Waals surface area (Å²) in [5.74, 6) is 9.09. The largest absolute Gasteiger partial charge is 0.501 e. The van der Waals surface area contributed by atoms with E-state index >= 15 is 0 Å². The first kappa shape index (κ1) is 43.0. The van der Waals surface area contributed by atoms with Crippen LogP contribution in [0.1, 0.15) is 55.9 Å². The number of fused-ring (bicyclic) bond motifs is 4. The van der Waals surface area contributed by atoms with Gasteiger partial charge in [0.05, 0.1) is 28.6 Å². The van der Waals surface area contributed by atoms with Crippen LogP contribution in [0.3, 0.4) is 0 Å². The smallest absolute Gasteiger partial charge is 0.121 e. The summed E-state index contributed by atoms with van der Waals surface area (Å²) < 4.78 is 10.2. The van der Waals surface area contributed by atoms with Crippen LogP contribution in [0.4, 0.5) is 0 Å². The fourth-order valence-corrected chi connectivity index (χ4v) is 11.5. The van der Waals surface area contributed by atoms with Crippen molar-refractivity contribution in [2.45, 2.75) is 71.1 Å². The van der Waals surface area contributed by atoms with E-state index < -0.39 is 13.3 Å². The molecule has 4 heterocycles. The number of hydrogen-bond donors (Lipinski definition) is 0. The quantitative estimate of drug-likeness (QED) is 0.112. The summed E-state index contributed by atoms with van der Waals surface area (Å²) in [5.41, 5.74) is 15.1. The molecule has 0 bridgehead atoms. The first-order valence-corrected chi connectivity index (χ1v) is 28.1. The molecule has 1 radical (unpaired) electrons. The molecule has 0 unspecified atom stereocenters. The number of aryl methyl sites for hydroxylation is 2. The van der Waals surface area contributed by atoms with Crippen molar-refractivity contribution in [3.8, 4) is 39.5 Å². The van der Waals surface area contributed by atoms with Gasteiger partial charge in [-0.1, -0.05) is 79.4 Å². The van der Waals surface area contributed by atoms with Gasteiger partial charge in [-0.05, 0) is 53.3 Å². The molecule has 0 aliphatic heterocycles. The number of rotatable bonds is 8. The zero-order valence-electron chi connectivity index (χ0n) is 36.0. The number of pyridine rings is 2. The van der Waals surface area contributed by atoms with E-state index in [9.17, 15) is 0 Å². The monoisotopic (exact) mass is 1030 g/mol. The fourth-order valence-electron chi connectivity index (χ4n) is 8.18. The van der Waals surface area contributed by atoms with Crippen LogP contribution in [0, 0.1) is 31.9 Å². The molecule has 305 valence electrons. The summed E-state index contributed by atoms with van der Waals surface area (Å²) in [5, 5.41) is 2.21. The van der Waals surface area contributed by atoms with E-state index in [-0.39, 0.29) is 26.0 Å². The Hall–Kier alpha value is -5.14. The van der Waals surface area contributed by atoms with E-state index in [2.05, 4.69) is 159 Å². The number of benzene rings is 5. The molecule has 0 aliphatic rings. The van der Waals surface area contributed by atoms with Crippen LogP contribution in [-0.2, 0) is 26.5 Å². The average Bonchev–Trinajstić information content (AvgIpc) is 3.81. The first-order valence-electron chi connectivity index (χ1n) is 20.7. The van der Waals surface area contributed by atoms with Gasteiger partial charge in [0, 0.05) is 37.4 Å². The fraction of sp³-hybridized carbons (Fsp3) is 0.226. The molecule has 9 rings (SSSR count). The number of hydrogen-bond acceptors (Lipinski definition) is 4. The second-order valence-electron chi connectivity index (χ2n) is 17.4. The van der Waals surface area contributed by atoms with Gasteiger partial charge in [0.25, 0.3) is 0 Å². The first-order chi connectivity index (χ1) is 28.4. The third-order valence-corrected chi connectivity index (χ3v) is 15.4. The zero-order valence-corrected chi connectivity index (χ0v) is 40.5. The molecule has 0 fully saturated rings. The standard InChI is InChI=1S/C34H26N3O.C19H26GeN.Ir/c1-21(2)28-19-35-20-29-32(28)37(25-17-15-24(16-18-25)23-10-5-4-6-11-23)34(36-29)27-13-8-12-26-31-22(3)9-7-14-30(31)38-33(26)27;1-14(2)11-16-12-19(17-10-8-7-9-15(17)3)21-13-18(16)20(4,5)6;/h4-12,14-21H,1-3H3;7-9,12-14H,11H2,1-6H3;/q2*-1;. The number of furan rings is 1. The van der Waals surface area contributed by atoms with E-state index in [0.717, 1.165) is 73.3 Å². The van der Waals surface area contributed by atoms with Gasteiger partial charge in [-0.2, -0.15) is 0 Å². The number of imidazole rings is 1. The average molecular weight is 1030 g/mol. The number of nitrogens with zero attached hydrogens (tertiary/aromatic N) is 4. The Morgan fingerprint density at radius 3 is 2.15 bits per heavy atom. The zero-order chi connectivity index (χ0) is 41.4. The van der Waals surface area contributed by atoms with Gasteiger partial charge in [0.1, 0.15) is 5.58 Å². The Morgan fingerprint density at radius 1 is 0.733 bits per heavy atom. The molecular formula is C53H52GeIrN4O-2. The van der Waals surface area contributed by atoms with Crippen LogP contribution in [0.25, 0.3) is 72.4 Å². The maximum atomic E-state index is 6.46. The Morgan fingerprint density at radius 2 is 1.45 bits per heavy atom. The Balaban J connectivity index is 0.000000212. The van der Waals surface area contributed by atoms with Crippen molar-refractivity contribution in [1.29, 1.82) is 0 Å². The third-order valence-electron chi connectivity index (χ3n) is 11.1. The molecule has 0 spiro atoms.